The molecule has 14 heavy (non-hydrogen) atoms. The van der Waals surface area contributed by atoms with Crippen molar-refractivity contribution in [3.8, 4) is 0 Å². The molecule has 3 nitrogen and oxygen atoms in total. The van der Waals surface area contributed by atoms with Crippen LogP contribution in [0.3, 0.4) is 0 Å². The molecule has 1 heterocycles. The first-order valence-electron chi connectivity index (χ1n) is 5.64. The molecule has 0 aromatic heterocycles. The van der Waals surface area contributed by atoms with Gasteiger partial charge in [-0.2, -0.15) is 0 Å². The van der Waals surface area contributed by atoms with Gasteiger partial charge >= 0.3 is 0 Å². The fraction of sp³-hybridized carbons (Fsp3) is 1.00. The van der Waals surface area contributed by atoms with Gasteiger partial charge in [-0.05, 0) is 26.7 Å². The maximum atomic E-state index is 5.71. The molecule has 1 N–H and O–H groups in total. The van der Waals surface area contributed by atoms with Crippen molar-refractivity contribution in [3.05, 3.63) is 0 Å². The zero-order chi connectivity index (χ0) is 10.4. The quantitative estimate of drug-likeness (QED) is 0.749. The Morgan fingerprint density at radius 2 is 2.29 bits per heavy atom. The Balaban J connectivity index is 2.33. The lowest BCUT2D eigenvalue weighted by atomic mass is 9.95. The Bertz CT molecular complexity index is 163. The highest BCUT2D eigenvalue weighted by Crippen LogP contribution is 2.17. The second-order valence-electron chi connectivity index (χ2n) is 4.20. The van der Waals surface area contributed by atoms with E-state index in [1.54, 1.807) is 0 Å². The molecule has 1 saturated heterocycles. The summed E-state index contributed by atoms with van der Waals surface area (Å²) >= 11 is 0. The predicted molar refractivity (Wildman–Crippen MR) is 57.5 cm³/mol. The molecule has 0 aromatic rings. The van der Waals surface area contributed by atoms with Gasteiger partial charge in [0.1, 0.15) is 0 Å². The van der Waals surface area contributed by atoms with E-state index in [9.17, 15) is 0 Å². The SMILES string of the molecule is CCOCC1CNC(C)(CC)CCO1. The highest BCUT2D eigenvalue weighted by Gasteiger charge is 2.26. The van der Waals surface area contributed by atoms with Crippen molar-refractivity contribution in [2.75, 3.05) is 26.4 Å². The summed E-state index contributed by atoms with van der Waals surface area (Å²) in [6.45, 7) is 9.73. The average molecular weight is 201 g/mol. The standard InChI is InChI=1S/C11H23NO2/c1-4-11(3)6-7-14-10(8-12-11)9-13-5-2/h10,12H,4-9H2,1-3H3. The summed E-state index contributed by atoms with van der Waals surface area (Å²) in [6, 6.07) is 0. The van der Waals surface area contributed by atoms with E-state index in [0.717, 1.165) is 32.6 Å². The smallest absolute Gasteiger partial charge is 0.0932 e. The van der Waals surface area contributed by atoms with Crippen LogP contribution in [-0.2, 0) is 9.47 Å². The number of hydrogen-bond donors (Lipinski definition) is 1. The maximum absolute atomic E-state index is 5.71. The van der Waals surface area contributed by atoms with Crippen LogP contribution >= 0.6 is 0 Å². The fourth-order valence-electron chi connectivity index (χ4n) is 1.62. The molecule has 0 saturated carbocycles. The van der Waals surface area contributed by atoms with Crippen molar-refractivity contribution in [1.82, 2.24) is 5.32 Å². The number of hydrogen-bond acceptors (Lipinski definition) is 3. The van der Waals surface area contributed by atoms with Gasteiger partial charge in [-0.3, -0.25) is 0 Å². The van der Waals surface area contributed by atoms with Crippen molar-refractivity contribution >= 4 is 0 Å². The molecule has 2 atom stereocenters. The Hall–Kier alpha value is -0.120. The third-order valence-electron chi connectivity index (χ3n) is 3.05. The maximum Gasteiger partial charge on any atom is 0.0932 e. The van der Waals surface area contributed by atoms with Crippen molar-refractivity contribution in [2.24, 2.45) is 0 Å². The number of rotatable bonds is 4. The summed E-state index contributed by atoms with van der Waals surface area (Å²) in [5.41, 5.74) is 0.251. The molecular weight excluding hydrogens is 178 g/mol. The lowest BCUT2D eigenvalue weighted by Gasteiger charge is -2.27. The van der Waals surface area contributed by atoms with Crippen molar-refractivity contribution in [2.45, 2.75) is 45.3 Å². The minimum atomic E-state index is 0.225. The molecule has 0 aromatic carbocycles. The first-order chi connectivity index (χ1) is 6.70. The summed E-state index contributed by atoms with van der Waals surface area (Å²) < 4.78 is 11.1. The summed E-state index contributed by atoms with van der Waals surface area (Å²) in [4.78, 5) is 0. The highest BCUT2D eigenvalue weighted by molar-refractivity contribution is 4.85. The fourth-order valence-corrected chi connectivity index (χ4v) is 1.62. The normalized spacial score (nSPS) is 34.1. The zero-order valence-corrected chi connectivity index (χ0v) is 9.64. The van der Waals surface area contributed by atoms with Crippen LogP contribution in [0, 0.1) is 0 Å². The average Bonchev–Trinajstić information content (AvgIpc) is 2.39. The summed E-state index contributed by atoms with van der Waals surface area (Å²) in [5, 5.41) is 3.56. The largest absolute Gasteiger partial charge is 0.379 e. The first-order valence-corrected chi connectivity index (χ1v) is 5.64. The van der Waals surface area contributed by atoms with Crippen LogP contribution in [0.2, 0.25) is 0 Å². The second kappa shape index (κ2) is 5.69. The van der Waals surface area contributed by atoms with Gasteiger partial charge < -0.3 is 14.8 Å². The van der Waals surface area contributed by atoms with Crippen molar-refractivity contribution < 1.29 is 9.47 Å². The lowest BCUT2D eigenvalue weighted by Crippen LogP contribution is -2.44. The molecular formula is C11H23NO2. The van der Waals surface area contributed by atoms with Crippen LogP contribution in [0.15, 0.2) is 0 Å². The van der Waals surface area contributed by atoms with Gasteiger partial charge in [0.25, 0.3) is 0 Å². The number of ether oxygens (including phenoxy) is 2. The molecule has 1 fully saturated rings. The van der Waals surface area contributed by atoms with E-state index in [-0.39, 0.29) is 11.6 Å². The van der Waals surface area contributed by atoms with E-state index in [1.807, 2.05) is 6.92 Å². The van der Waals surface area contributed by atoms with Crippen LogP contribution in [0.25, 0.3) is 0 Å². The van der Waals surface area contributed by atoms with E-state index < -0.39 is 0 Å². The predicted octanol–water partition coefficient (Wildman–Crippen LogP) is 1.57. The molecule has 0 amide bonds. The van der Waals surface area contributed by atoms with E-state index in [4.69, 9.17) is 9.47 Å². The Kier molecular flexibility index (Phi) is 4.85. The Morgan fingerprint density at radius 1 is 1.50 bits per heavy atom. The van der Waals surface area contributed by atoms with Gasteiger partial charge in [-0.15, -0.1) is 0 Å². The molecule has 1 rings (SSSR count). The minimum absolute atomic E-state index is 0.225. The summed E-state index contributed by atoms with van der Waals surface area (Å²) in [6.07, 6.45) is 2.47. The molecule has 0 spiro atoms. The van der Waals surface area contributed by atoms with Gasteiger partial charge in [0.05, 0.1) is 12.7 Å². The molecule has 1 aliphatic rings. The Morgan fingerprint density at radius 3 is 2.93 bits per heavy atom. The van der Waals surface area contributed by atoms with E-state index in [0.29, 0.717) is 6.61 Å². The zero-order valence-electron chi connectivity index (χ0n) is 9.64. The van der Waals surface area contributed by atoms with Crippen molar-refractivity contribution in [3.63, 3.8) is 0 Å². The summed E-state index contributed by atoms with van der Waals surface area (Å²) in [7, 11) is 0. The molecule has 0 aliphatic carbocycles. The minimum Gasteiger partial charge on any atom is -0.379 e. The van der Waals surface area contributed by atoms with Crippen LogP contribution in [0.5, 0.6) is 0 Å². The molecule has 0 bridgehead atoms. The molecule has 3 heteroatoms. The third kappa shape index (κ3) is 3.56. The lowest BCUT2D eigenvalue weighted by molar-refractivity contribution is -0.00413. The molecule has 84 valence electrons. The van der Waals surface area contributed by atoms with Crippen molar-refractivity contribution in [1.29, 1.82) is 0 Å². The van der Waals surface area contributed by atoms with Crippen LogP contribution < -0.4 is 5.32 Å². The van der Waals surface area contributed by atoms with Crippen LogP contribution in [0.1, 0.15) is 33.6 Å². The first kappa shape index (κ1) is 12.0. The van der Waals surface area contributed by atoms with Gasteiger partial charge in [0.2, 0.25) is 0 Å². The van der Waals surface area contributed by atoms with E-state index >= 15 is 0 Å². The highest BCUT2D eigenvalue weighted by atomic mass is 16.5. The number of nitrogens with one attached hydrogen (secondary N) is 1. The monoisotopic (exact) mass is 201 g/mol. The molecule has 2 unspecified atom stereocenters. The molecule has 0 radical (unpaired) electrons. The van der Waals surface area contributed by atoms with E-state index in [2.05, 4.69) is 19.2 Å². The molecule has 1 aliphatic heterocycles. The van der Waals surface area contributed by atoms with Gasteiger partial charge in [0.15, 0.2) is 0 Å². The Labute approximate surface area is 87.2 Å². The van der Waals surface area contributed by atoms with Gasteiger partial charge in [-0.1, -0.05) is 6.92 Å². The van der Waals surface area contributed by atoms with Crippen LogP contribution in [-0.4, -0.2) is 38.0 Å². The van der Waals surface area contributed by atoms with Gasteiger partial charge in [0, 0.05) is 25.3 Å². The third-order valence-corrected chi connectivity index (χ3v) is 3.05. The van der Waals surface area contributed by atoms with Gasteiger partial charge in [-0.25, -0.2) is 0 Å². The van der Waals surface area contributed by atoms with Crippen LogP contribution in [0.4, 0.5) is 0 Å². The topological polar surface area (TPSA) is 30.5 Å². The second-order valence-corrected chi connectivity index (χ2v) is 4.20. The summed E-state index contributed by atoms with van der Waals surface area (Å²) in [5.74, 6) is 0. The van der Waals surface area contributed by atoms with E-state index in [1.165, 1.54) is 0 Å².